The maximum Gasteiger partial charge on any atom is 0.251 e. The lowest BCUT2D eigenvalue weighted by Gasteiger charge is -2.26. The average Bonchev–Trinajstić information content (AvgIpc) is 2.64. The maximum atomic E-state index is 12.9. The molecule has 2 aromatic rings. The van der Waals surface area contributed by atoms with Crippen molar-refractivity contribution in [2.24, 2.45) is 10.9 Å². The summed E-state index contributed by atoms with van der Waals surface area (Å²) >= 11 is 6.05. The first kappa shape index (κ1) is 22.7. The molecule has 154 valence electrons. The van der Waals surface area contributed by atoms with Crippen molar-refractivity contribution in [1.29, 1.82) is 0 Å². The molecule has 5 heteroatoms. The summed E-state index contributed by atoms with van der Waals surface area (Å²) in [5.41, 5.74) is 2.97. The van der Waals surface area contributed by atoms with Crippen molar-refractivity contribution in [3.8, 4) is 11.1 Å². The van der Waals surface area contributed by atoms with E-state index in [1.54, 1.807) is 13.2 Å². The first-order chi connectivity index (χ1) is 13.6. The number of nitrogens with one attached hydrogen (secondary N) is 1. The number of amides is 1. The molecule has 0 aromatic heterocycles. The van der Waals surface area contributed by atoms with E-state index in [1.165, 1.54) is 0 Å². The normalized spacial score (nSPS) is 12.1. The molecule has 0 radical (unpaired) electrons. The number of aliphatic imine (C=N–C) groups is 1. The van der Waals surface area contributed by atoms with Crippen LogP contribution in [0.4, 0.5) is 5.69 Å². The SMILES string of the molecule is C=CN(C(=NC)C(C)C)c1cc(C(=O)NC(C)(C)C)cc(-c2ccc(Cl)cc2)c1. The Kier molecular flexibility index (Phi) is 7.26. The number of carbonyl (C=O) groups excluding carboxylic acids is 1. The predicted octanol–water partition coefficient (Wildman–Crippen LogP) is 6.17. The van der Waals surface area contributed by atoms with Crippen LogP contribution in [0.25, 0.3) is 11.1 Å². The van der Waals surface area contributed by atoms with E-state index in [0.29, 0.717) is 10.6 Å². The standard InChI is InChI=1S/C24H30ClN3O/c1-8-28(22(26-7)16(2)3)21-14-18(17-9-11-20(25)12-10-17)13-19(15-21)23(29)27-24(4,5)6/h8-16H,1H2,2-7H3,(H,27,29). The summed E-state index contributed by atoms with van der Waals surface area (Å²) in [5, 5.41) is 3.71. The Hall–Kier alpha value is -2.59. The molecule has 0 bridgehead atoms. The third-order valence-corrected chi connectivity index (χ3v) is 4.55. The monoisotopic (exact) mass is 411 g/mol. The van der Waals surface area contributed by atoms with Crippen molar-refractivity contribution in [3.63, 3.8) is 0 Å². The van der Waals surface area contributed by atoms with Crippen LogP contribution in [0, 0.1) is 5.92 Å². The molecule has 0 atom stereocenters. The van der Waals surface area contributed by atoms with Crippen molar-refractivity contribution in [1.82, 2.24) is 5.32 Å². The number of hydrogen-bond acceptors (Lipinski definition) is 2. The van der Waals surface area contributed by atoms with Crippen molar-refractivity contribution in [2.75, 3.05) is 11.9 Å². The molecule has 0 spiro atoms. The lowest BCUT2D eigenvalue weighted by molar-refractivity contribution is 0.0919. The van der Waals surface area contributed by atoms with Gasteiger partial charge < -0.3 is 10.2 Å². The van der Waals surface area contributed by atoms with Crippen molar-refractivity contribution in [3.05, 3.63) is 65.8 Å². The molecule has 0 fully saturated rings. The molecule has 0 aliphatic heterocycles. The van der Waals surface area contributed by atoms with Crippen LogP contribution in [-0.2, 0) is 0 Å². The highest BCUT2D eigenvalue weighted by atomic mass is 35.5. The van der Waals surface area contributed by atoms with Crippen LogP contribution < -0.4 is 10.2 Å². The van der Waals surface area contributed by atoms with Gasteiger partial charge in [-0.2, -0.15) is 0 Å². The highest BCUT2D eigenvalue weighted by Gasteiger charge is 2.20. The van der Waals surface area contributed by atoms with Gasteiger partial charge >= 0.3 is 0 Å². The number of carbonyl (C=O) groups is 1. The van der Waals surface area contributed by atoms with E-state index in [2.05, 4.69) is 30.7 Å². The fraction of sp³-hybridized carbons (Fsp3) is 0.333. The minimum Gasteiger partial charge on any atom is -0.347 e. The van der Waals surface area contributed by atoms with Gasteiger partial charge in [-0.25, -0.2) is 0 Å². The molecule has 1 amide bonds. The van der Waals surface area contributed by atoms with Crippen LogP contribution in [0.5, 0.6) is 0 Å². The highest BCUT2D eigenvalue weighted by Crippen LogP contribution is 2.29. The number of nitrogens with zero attached hydrogens (tertiary/aromatic N) is 2. The second kappa shape index (κ2) is 9.27. The van der Waals surface area contributed by atoms with E-state index in [1.807, 2.05) is 68.1 Å². The Morgan fingerprint density at radius 1 is 1.14 bits per heavy atom. The number of benzene rings is 2. The number of halogens is 1. The first-order valence-electron chi connectivity index (χ1n) is 9.67. The molecule has 0 aliphatic carbocycles. The first-order valence-corrected chi connectivity index (χ1v) is 10.1. The van der Waals surface area contributed by atoms with Gasteiger partial charge in [0, 0.05) is 41.0 Å². The van der Waals surface area contributed by atoms with E-state index in [-0.39, 0.29) is 17.4 Å². The number of anilines is 1. The summed E-state index contributed by atoms with van der Waals surface area (Å²) in [6.45, 7) is 14.0. The molecule has 2 aromatic carbocycles. The van der Waals surface area contributed by atoms with Crippen molar-refractivity contribution in [2.45, 2.75) is 40.2 Å². The molecule has 0 aliphatic rings. The molecule has 29 heavy (non-hydrogen) atoms. The lowest BCUT2D eigenvalue weighted by Crippen LogP contribution is -2.40. The van der Waals surface area contributed by atoms with Crippen LogP contribution >= 0.6 is 11.6 Å². The third kappa shape index (κ3) is 5.94. The summed E-state index contributed by atoms with van der Waals surface area (Å²) in [6.07, 6.45) is 1.73. The molecule has 2 rings (SSSR count). The Labute approximate surface area is 179 Å². The van der Waals surface area contributed by atoms with E-state index in [4.69, 9.17) is 11.6 Å². The zero-order chi connectivity index (χ0) is 21.8. The summed E-state index contributed by atoms with van der Waals surface area (Å²) in [7, 11) is 1.77. The van der Waals surface area contributed by atoms with Gasteiger partial charge in [-0.05, 0) is 62.2 Å². The minimum absolute atomic E-state index is 0.127. The number of rotatable bonds is 5. The van der Waals surface area contributed by atoms with Gasteiger partial charge in [0.25, 0.3) is 5.91 Å². The molecule has 4 nitrogen and oxygen atoms in total. The van der Waals surface area contributed by atoms with E-state index < -0.39 is 0 Å². The molecule has 0 saturated heterocycles. The van der Waals surface area contributed by atoms with E-state index in [9.17, 15) is 4.79 Å². The predicted molar refractivity (Wildman–Crippen MR) is 125 cm³/mol. The lowest BCUT2D eigenvalue weighted by atomic mass is 10.00. The summed E-state index contributed by atoms with van der Waals surface area (Å²) in [5.74, 6) is 0.942. The van der Waals surface area contributed by atoms with Gasteiger partial charge in [0.2, 0.25) is 0 Å². The second-order valence-corrected chi connectivity index (χ2v) is 8.71. The van der Waals surface area contributed by atoms with E-state index >= 15 is 0 Å². The maximum absolute atomic E-state index is 12.9. The van der Waals surface area contributed by atoms with Gasteiger partial charge in [-0.3, -0.25) is 9.79 Å². The molecule has 0 saturated carbocycles. The van der Waals surface area contributed by atoms with Crippen molar-refractivity contribution < 1.29 is 4.79 Å². The Balaban J connectivity index is 2.64. The van der Waals surface area contributed by atoms with Crippen LogP contribution in [-0.4, -0.2) is 24.3 Å². The van der Waals surface area contributed by atoms with Gasteiger partial charge in [-0.15, -0.1) is 0 Å². The zero-order valence-corrected chi connectivity index (χ0v) is 18.8. The molecule has 0 unspecified atom stereocenters. The molecular formula is C24H30ClN3O. The third-order valence-electron chi connectivity index (χ3n) is 4.30. The van der Waals surface area contributed by atoms with Crippen molar-refractivity contribution >= 4 is 29.0 Å². The quantitative estimate of drug-likeness (QED) is 0.472. The zero-order valence-electron chi connectivity index (χ0n) is 18.1. The number of amidine groups is 1. The van der Waals surface area contributed by atoms with Gasteiger partial charge in [0.1, 0.15) is 5.84 Å². The summed E-state index contributed by atoms with van der Waals surface area (Å²) in [6, 6.07) is 13.4. The smallest absolute Gasteiger partial charge is 0.251 e. The topological polar surface area (TPSA) is 44.7 Å². The van der Waals surface area contributed by atoms with Crippen LogP contribution in [0.3, 0.4) is 0 Å². The number of hydrogen-bond donors (Lipinski definition) is 1. The Morgan fingerprint density at radius 2 is 1.76 bits per heavy atom. The Bertz CT molecular complexity index is 909. The van der Waals surface area contributed by atoms with Gasteiger partial charge in [0.05, 0.1) is 0 Å². The fourth-order valence-electron chi connectivity index (χ4n) is 3.08. The second-order valence-electron chi connectivity index (χ2n) is 8.27. The van der Waals surface area contributed by atoms with Gasteiger partial charge in [0.15, 0.2) is 0 Å². The largest absolute Gasteiger partial charge is 0.347 e. The van der Waals surface area contributed by atoms with Crippen LogP contribution in [0.15, 0.2) is 60.2 Å². The van der Waals surface area contributed by atoms with Crippen LogP contribution in [0.1, 0.15) is 45.0 Å². The minimum atomic E-state index is -0.334. The highest BCUT2D eigenvalue weighted by molar-refractivity contribution is 6.30. The summed E-state index contributed by atoms with van der Waals surface area (Å²) in [4.78, 5) is 19.3. The average molecular weight is 412 g/mol. The molecule has 1 N–H and O–H groups in total. The Morgan fingerprint density at radius 3 is 2.24 bits per heavy atom. The van der Waals surface area contributed by atoms with E-state index in [0.717, 1.165) is 22.6 Å². The van der Waals surface area contributed by atoms with Gasteiger partial charge in [-0.1, -0.05) is 44.2 Å². The van der Waals surface area contributed by atoms with Crippen LogP contribution in [0.2, 0.25) is 5.02 Å². The fourth-order valence-corrected chi connectivity index (χ4v) is 3.20. The molecular weight excluding hydrogens is 382 g/mol. The molecule has 0 heterocycles. The summed E-state index contributed by atoms with van der Waals surface area (Å²) < 4.78 is 0.